The van der Waals surface area contributed by atoms with Crippen molar-refractivity contribution >= 4 is 22.8 Å². The van der Waals surface area contributed by atoms with Crippen LogP contribution in [0.2, 0.25) is 0 Å². The van der Waals surface area contributed by atoms with E-state index in [0.717, 1.165) is 29.6 Å². The third-order valence-electron chi connectivity index (χ3n) is 5.93. The molecule has 0 aliphatic carbocycles. The molecule has 0 fully saturated rings. The highest BCUT2D eigenvalue weighted by atomic mass is 16.5. The number of benzene rings is 2. The summed E-state index contributed by atoms with van der Waals surface area (Å²) in [6.07, 6.45) is 3.79. The van der Waals surface area contributed by atoms with Crippen LogP contribution < -0.4 is 14.7 Å². The number of rotatable bonds is 7. The first-order valence-corrected chi connectivity index (χ1v) is 11.4. The summed E-state index contributed by atoms with van der Waals surface area (Å²) in [5, 5.41) is 13.9. The van der Waals surface area contributed by atoms with Gasteiger partial charge in [-0.25, -0.2) is 0 Å². The number of aromatic nitrogens is 1. The Morgan fingerprint density at radius 1 is 1.06 bits per heavy atom. The number of fused-ring (bicyclic) bond motifs is 2. The molecule has 2 heterocycles. The van der Waals surface area contributed by atoms with Gasteiger partial charge in [0.15, 0.2) is 5.76 Å². The van der Waals surface area contributed by atoms with E-state index in [-0.39, 0.29) is 17.3 Å². The summed E-state index contributed by atoms with van der Waals surface area (Å²) in [6, 6.07) is 11.2. The summed E-state index contributed by atoms with van der Waals surface area (Å²) in [6.45, 7) is 11.3. The second kappa shape index (κ2) is 8.83. The Morgan fingerprint density at radius 3 is 2.44 bits per heavy atom. The van der Waals surface area contributed by atoms with Crippen LogP contribution in [0.25, 0.3) is 17.0 Å². The average molecular weight is 433 g/mol. The quantitative estimate of drug-likeness (QED) is 0.581. The minimum Gasteiger partial charge on any atom is -0.872 e. The van der Waals surface area contributed by atoms with Crippen LogP contribution in [0.5, 0.6) is 11.5 Å². The average Bonchev–Trinajstić information content (AvgIpc) is 3.21. The van der Waals surface area contributed by atoms with Crippen LogP contribution in [-0.4, -0.2) is 23.4 Å². The molecule has 1 aliphatic rings. The molecule has 0 amide bonds. The van der Waals surface area contributed by atoms with Gasteiger partial charge in [0.05, 0.1) is 18.7 Å². The van der Waals surface area contributed by atoms with Crippen LogP contribution in [0.3, 0.4) is 0 Å². The van der Waals surface area contributed by atoms with Crippen LogP contribution in [-0.2, 0) is 13.6 Å². The molecule has 0 atom stereocenters. The van der Waals surface area contributed by atoms with Crippen molar-refractivity contribution in [3.8, 4) is 11.5 Å². The molecule has 1 aliphatic heterocycles. The van der Waals surface area contributed by atoms with Gasteiger partial charge in [-0.2, -0.15) is 0 Å². The zero-order valence-corrected chi connectivity index (χ0v) is 19.6. The standard InChI is InChI=1S/C27H32N2O3/c1-17(2)13-29(14-18(3)4)16-22-24(30)11-10-21-26(31)25(32-27(21)22)12-19-15-28(5)23-9-7-6-8-20(19)23/h6-12,15,17-18,30H,13-14,16H2,1-5H3/b25-12-. The third-order valence-corrected chi connectivity index (χ3v) is 5.93. The molecule has 2 aromatic carbocycles. The van der Waals surface area contributed by atoms with Gasteiger partial charge >= 0.3 is 0 Å². The molecule has 3 aromatic rings. The number of quaternary nitrogens is 1. The van der Waals surface area contributed by atoms with Gasteiger partial charge in [0.25, 0.3) is 0 Å². The van der Waals surface area contributed by atoms with Crippen LogP contribution in [0, 0.1) is 11.8 Å². The minimum absolute atomic E-state index is 0.0621. The number of nitrogens with one attached hydrogen (secondary N) is 1. The molecule has 0 unspecified atom stereocenters. The molecule has 4 rings (SSSR count). The summed E-state index contributed by atoms with van der Waals surface area (Å²) in [5.41, 5.74) is 3.11. The van der Waals surface area contributed by atoms with Crippen LogP contribution in [0.4, 0.5) is 0 Å². The summed E-state index contributed by atoms with van der Waals surface area (Å²) in [7, 11) is 1.99. The Bertz CT molecular complexity index is 1180. The number of carbonyl (C=O) groups excluding carboxylic acids is 1. The molecule has 0 spiro atoms. The van der Waals surface area contributed by atoms with E-state index in [0.29, 0.717) is 35.3 Å². The SMILES string of the molecule is CC(C)C[NH+](Cc1c([O-])ccc2c1O/C(=C\c1cn(C)c3ccccc13)C2=O)CC(C)C. The lowest BCUT2D eigenvalue weighted by molar-refractivity contribution is -0.919. The predicted octanol–water partition coefficient (Wildman–Crippen LogP) is 3.57. The van der Waals surface area contributed by atoms with Gasteiger partial charge in [-0.3, -0.25) is 4.79 Å². The summed E-state index contributed by atoms with van der Waals surface area (Å²) in [5.74, 6) is 1.52. The first kappa shape index (κ1) is 22.2. The zero-order chi connectivity index (χ0) is 23.0. The number of para-hydroxylation sites is 1. The Hall–Kier alpha value is -3.05. The summed E-state index contributed by atoms with van der Waals surface area (Å²) in [4.78, 5) is 14.5. The number of allylic oxidation sites excluding steroid dienone is 1. The molecule has 1 N–H and O–H groups in total. The van der Waals surface area contributed by atoms with Crippen molar-refractivity contribution in [2.75, 3.05) is 13.1 Å². The molecule has 0 bridgehead atoms. The van der Waals surface area contributed by atoms with E-state index in [1.807, 2.05) is 42.1 Å². The van der Waals surface area contributed by atoms with Crippen molar-refractivity contribution in [3.05, 3.63) is 65.0 Å². The predicted molar refractivity (Wildman–Crippen MR) is 126 cm³/mol. The van der Waals surface area contributed by atoms with E-state index >= 15 is 0 Å². The Morgan fingerprint density at radius 2 is 1.75 bits per heavy atom. The maximum Gasteiger partial charge on any atom is 0.231 e. The molecule has 0 radical (unpaired) electrons. The molecular formula is C27H32N2O3. The van der Waals surface area contributed by atoms with Gasteiger partial charge in [0.1, 0.15) is 12.3 Å². The van der Waals surface area contributed by atoms with Crippen molar-refractivity contribution in [1.29, 1.82) is 0 Å². The number of hydrogen-bond donors (Lipinski definition) is 1. The van der Waals surface area contributed by atoms with Crippen molar-refractivity contribution in [2.24, 2.45) is 18.9 Å². The van der Waals surface area contributed by atoms with Gasteiger partial charge < -0.3 is 19.3 Å². The van der Waals surface area contributed by atoms with Gasteiger partial charge in [-0.15, -0.1) is 0 Å². The Kier molecular flexibility index (Phi) is 6.11. The highest BCUT2D eigenvalue weighted by Crippen LogP contribution is 2.38. The van der Waals surface area contributed by atoms with E-state index in [9.17, 15) is 9.90 Å². The topological polar surface area (TPSA) is 58.7 Å². The molecular weight excluding hydrogens is 400 g/mol. The van der Waals surface area contributed by atoms with E-state index in [1.165, 1.54) is 11.0 Å². The number of aryl methyl sites for hydroxylation is 1. The lowest BCUT2D eigenvalue weighted by atomic mass is 10.0. The molecule has 32 heavy (non-hydrogen) atoms. The maximum absolute atomic E-state index is 13.1. The normalized spacial score (nSPS) is 14.9. The molecule has 5 heteroatoms. The lowest BCUT2D eigenvalue weighted by Gasteiger charge is -2.26. The Balaban J connectivity index is 1.70. The van der Waals surface area contributed by atoms with Crippen LogP contribution in [0.1, 0.15) is 49.2 Å². The second-order valence-corrected chi connectivity index (χ2v) is 9.69. The number of carbonyl (C=O) groups is 1. The first-order valence-electron chi connectivity index (χ1n) is 11.4. The number of ether oxygens (including phenoxy) is 1. The van der Waals surface area contributed by atoms with Gasteiger partial charge in [-0.1, -0.05) is 57.7 Å². The van der Waals surface area contributed by atoms with Crippen LogP contribution in [0.15, 0.2) is 48.4 Å². The van der Waals surface area contributed by atoms with E-state index in [4.69, 9.17) is 4.74 Å². The first-order chi connectivity index (χ1) is 15.2. The van der Waals surface area contributed by atoms with Gasteiger partial charge in [-0.05, 0) is 18.2 Å². The highest BCUT2D eigenvalue weighted by molar-refractivity contribution is 6.15. The third kappa shape index (κ3) is 4.30. The fraction of sp³-hybridized carbons (Fsp3) is 0.370. The van der Waals surface area contributed by atoms with E-state index < -0.39 is 0 Å². The number of Topliss-reactive ketones (excluding diaryl/α,β-unsaturated/α-hetero) is 1. The zero-order valence-electron chi connectivity index (χ0n) is 19.6. The molecule has 5 nitrogen and oxygen atoms in total. The maximum atomic E-state index is 13.1. The van der Waals surface area contributed by atoms with Crippen molar-refractivity contribution < 1.29 is 19.5 Å². The van der Waals surface area contributed by atoms with Gasteiger partial charge in [0.2, 0.25) is 5.78 Å². The molecule has 168 valence electrons. The van der Waals surface area contributed by atoms with E-state index in [1.54, 1.807) is 12.1 Å². The smallest absolute Gasteiger partial charge is 0.231 e. The van der Waals surface area contributed by atoms with Crippen LogP contribution >= 0.6 is 0 Å². The van der Waals surface area contributed by atoms with Gasteiger partial charge in [0, 0.05) is 47.1 Å². The molecule has 1 aromatic heterocycles. The fourth-order valence-electron chi connectivity index (χ4n) is 4.72. The lowest BCUT2D eigenvalue weighted by Crippen LogP contribution is -3.11. The number of hydrogen-bond acceptors (Lipinski definition) is 3. The fourth-order valence-corrected chi connectivity index (χ4v) is 4.72. The number of ketones is 1. The molecule has 0 saturated heterocycles. The summed E-state index contributed by atoms with van der Waals surface area (Å²) < 4.78 is 8.13. The largest absolute Gasteiger partial charge is 0.872 e. The van der Waals surface area contributed by atoms with Crippen molar-refractivity contribution in [2.45, 2.75) is 34.2 Å². The number of nitrogens with zero attached hydrogens (tertiary/aromatic N) is 1. The van der Waals surface area contributed by atoms with E-state index in [2.05, 4.69) is 27.7 Å². The monoisotopic (exact) mass is 432 g/mol. The summed E-state index contributed by atoms with van der Waals surface area (Å²) >= 11 is 0. The second-order valence-electron chi connectivity index (χ2n) is 9.69. The molecule has 0 saturated carbocycles. The minimum atomic E-state index is -0.163. The highest BCUT2D eigenvalue weighted by Gasteiger charge is 2.31. The van der Waals surface area contributed by atoms with Crippen molar-refractivity contribution in [3.63, 3.8) is 0 Å². The van der Waals surface area contributed by atoms with Crippen molar-refractivity contribution in [1.82, 2.24) is 4.57 Å². The Labute approximate surface area is 189 Å².